The predicted octanol–water partition coefficient (Wildman–Crippen LogP) is 1.27. The number of fused-ring (bicyclic) bond motifs is 1. The summed E-state index contributed by atoms with van der Waals surface area (Å²) in [6, 6.07) is 4.04. The highest BCUT2D eigenvalue weighted by molar-refractivity contribution is 6.01. The fourth-order valence-corrected chi connectivity index (χ4v) is 2.56. The third-order valence-electron chi connectivity index (χ3n) is 3.66. The van der Waals surface area contributed by atoms with Gasteiger partial charge in [0, 0.05) is 37.6 Å². The Bertz CT molecular complexity index is 753. The molecular weight excluding hydrogens is 313 g/mol. The van der Waals surface area contributed by atoms with Gasteiger partial charge in [-0.3, -0.25) is 14.6 Å². The summed E-state index contributed by atoms with van der Waals surface area (Å²) in [4.78, 5) is 32.1. The zero-order valence-electron chi connectivity index (χ0n) is 12.8. The van der Waals surface area contributed by atoms with Crippen LogP contribution in [0.25, 0.3) is 0 Å². The van der Waals surface area contributed by atoms with Crippen LogP contribution in [0, 0.1) is 5.82 Å². The topological polar surface area (TPSA) is 96.0 Å². The fraction of sp³-hybridized carbons (Fsp3) is 0.250. The molecule has 124 valence electrons. The van der Waals surface area contributed by atoms with Crippen LogP contribution in [-0.2, 0) is 9.59 Å². The molecule has 0 aliphatic carbocycles. The minimum Gasteiger partial charge on any atom is -0.367 e. The van der Waals surface area contributed by atoms with Crippen molar-refractivity contribution in [1.29, 1.82) is 0 Å². The van der Waals surface area contributed by atoms with E-state index < -0.39 is 11.7 Å². The highest BCUT2D eigenvalue weighted by Gasteiger charge is 2.30. The summed E-state index contributed by atoms with van der Waals surface area (Å²) in [5.41, 5.74) is 0.972. The number of hydrogen-bond donors (Lipinski definition) is 3. The number of carbonyl (C=O) groups excluding carboxylic acids is 2. The summed E-state index contributed by atoms with van der Waals surface area (Å²) >= 11 is 0. The van der Waals surface area contributed by atoms with Gasteiger partial charge in [0.25, 0.3) is 0 Å². The molecule has 0 saturated carbocycles. The zero-order valence-corrected chi connectivity index (χ0v) is 12.8. The molecule has 1 aromatic carbocycles. The number of nitrogens with one attached hydrogen (secondary N) is 3. The van der Waals surface area contributed by atoms with E-state index in [4.69, 9.17) is 0 Å². The third kappa shape index (κ3) is 3.65. The maximum Gasteiger partial charge on any atom is 0.228 e. The van der Waals surface area contributed by atoms with E-state index in [1.165, 1.54) is 18.2 Å². The number of hydrogen-bond acceptors (Lipinski definition) is 5. The molecule has 2 aromatic rings. The van der Waals surface area contributed by atoms with E-state index in [2.05, 4.69) is 25.9 Å². The van der Waals surface area contributed by atoms with Crippen LogP contribution in [0.3, 0.4) is 0 Å². The van der Waals surface area contributed by atoms with E-state index in [0.717, 1.165) is 0 Å². The van der Waals surface area contributed by atoms with Gasteiger partial charge in [0.15, 0.2) is 0 Å². The van der Waals surface area contributed by atoms with Gasteiger partial charge < -0.3 is 16.0 Å². The summed E-state index contributed by atoms with van der Waals surface area (Å²) in [5, 5.41) is 8.38. The van der Waals surface area contributed by atoms with E-state index in [-0.39, 0.29) is 18.2 Å². The number of aromatic nitrogens is 2. The Labute approximate surface area is 137 Å². The van der Waals surface area contributed by atoms with Crippen LogP contribution < -0.4 is 16.0 Å². The van der Waals surface area contributed by atoms with E-state index in [9.17, 15) is 14.0 Å². The van der Waals surface area contributed by atoms with Crippen LogP contribution in [0.1, 0.15) is 17.9 Å². The maximum absolute atomic E-state index is 13.3. The van der Waals surface area contributed by atoms with Crippen molar-refractivity contribution in [2.75, 3.05) is 23.7 Å². The summed E-state index contributed by atoms with van der Waals surface area (Å²) < 4.78 is 13.3. The number of anilines is 2. The molecule has 1 aromatic heterocycles. The molecule has 8 heteroatoms. The van der Waals surface area contributed by atoms with Gasteiger partial charge in [0.05, 0.1) is 12.1 Å². The van der Waals surface area contributed by atoms with Crippen molar-refractivity contribution in [3.63, 3.8) is 0 Å². The second-order valence-electron chi connectivity index (χ2n) is 5.34. The molecule has 1 unspecified atom stereocenters. The first kappa shape index (κ1) is 15.9. The van der Waals surface area contributed by atoms with Crippen LogP contribution in [-0.4, -0.2) is 34.9 Å². The van der Waals surface area contributed by atoms with E-state index in [1.807, 2.05) is 0 Å². The van der Waals surface area contributed by atoms with Gasteiger partial charge in [-0.2, -0.15) is 0 Å². The van der Waals surface area contributed by atoms with Crippen molar-refractivity contribution < 1.29 is 14.0 Å². The smallest absolute Gasteiger partial charge is 0.228 e. The van der Waals surface area contributed by atoms with Crippen molar-refractivity contribution in [2.45, 2.75) is 12.3 Å². The third-order valence-corrected chi connectivity index (χ3v) is 3.66. The van der Waals surface area contributed by atoms with Gasteiger partial charge in [-0.25, -0.2) is 9.37 Å². The molecule has 0 fully saturated rings. The van der Waals surface area contributed by atoms with Crippen molar-refractivity contribution in [2.24, 2.45) is 0 Å². The molecule has 3 rings (SSSR count). The highest BCUT2D eigenvalue weighted by Crippen LogP contribution is 2.32. The Morgan fingerprint density at radius 3 is 3.00 bits per heavy atom. The number of carbonyl (C=O) groups is 2. The molecule has 0 radical (unpaired) electrons. The molecular formula is C16H16FN5O2. The fourth-order valence-electron chi connectivity index (χ4n) is 2.56. The first-order valence-electron chi connectivity index (χ1n) is 7.50. The molecule has 0 saturated heterocycles. The lowest BCUT2D eigenvalue weighted by Crippen LogP contribution is -2.37. The Morgan fingerprint density at radius 2 is 2.21 bits per heavy atom. The van der Waals surface area contributed by atoms with Gasteiger partial charge in [0.2, 0.25) is 11.8 Å². The molecule has 2 amide bonds. The predicted molar refractivity (Wildman–Crippen MR) is 85.9 cm³/mol. The Morgan fingerprint density at radius 1 is 1.33 bits per heavy atom. The van der Waals surface area contributed by atoms with E-state index in [0.29, 0.717) is 30.2 Å². The number of nitrogens with zero attached hydrogens (tertiary/aromatic N) is 2. The van der Waals surface area contributed by atoms with Crippen molar-refractivity contribution >= 4 is 23.3 Å². The largest absolute Gasteiger partial charge is 0.367 e. The molecule has 1 atom stereocenters. The summed E-state index contributed by atoms with van der Waals surface area (Å²) in [6.07, 6.45) is 4.76. The molecule has 1 aliphatic heterocycles. The molecule has 0 bridgehead atoms. The van der Waals surface area contributed by atoms with Crippen LogP contribution in [0.4, 0.5) is 15.9 Å². The lowest BCUT2D eigenvalue weighted by atomic mass is 9.89. The summed E-state index contributed by atoms with van der Waals surface area (Å²) in [6.45, 7) is 0.837. The summed E-state index contributed by atoms with van der Waals surface area (Å²) in [5.74, 6) is -1.02. The van der Waals surface area contributed by atoms with Crippen LogP contribution in [0.5, 0.6) is 0 Å². The van der Waals surface area contributed by atoms with Gasteiger partial charge >= 0.3 is 0 Å². The highest BCUT2D eigenvalue weighted by atomic mass is 19.1. The number of halogens is 1. The minimum atomic E-state index is -0.620. The molecule has 1 aliphatic rings. The molecule has 24 heavy (non-hydrogen) atoms. The van der Waals surface area contributed by atoms with Crippen molar-refractivity contribution in [1.82, 2.24) is 15.3 Å². The molecule has 3 N–H and O–H groups in total. The maximum atomic E-state index is 13.3. The van der Waals surface area contributed by atoms with Gasteiger partial charge in [-0.05, 0) is 17.7 Å². The second-order valence-corrected chi connectivity index (χ2v) is 5.34. The monoisotopic (exact) mass is 329 g/mol. The minimum absolute atomic E-state index is 0.0437. The number of amides is 2. The van der Waals surface area contributed by atoms with Crippen LogP contribution in [0.2, 0.25) is 0 Å². The molecule has 2 heterocycles. The molecule has 7 nitrogen and oxygen atoms in total. The van der Waals surface area contributed by atoms with Gasteiger partial charge in [0.1, 0.15) is 11.6 Å². The Hall–Kier alpha value is -3.03. The van der Waals surface area contributed by atoms with Crippen molar-refractivity contribution in [3.8, 4) is 0 Å². The summed E-state index contributed by atoms with van der Waals surface area (Å²) in [7, 11) is 0. The van der Waals surface area contributed by atoms with Gasteiger partial charge in [-0.15, -0.1) is 0 Å². The van der Waals surface area contributed by atoms with Crippen LogP contribution >= 0.6 is 0 Å². The number of benzene rings is 1. The Kier molecular flexibility index (Phi) is 4.64. The number of rotatable bonds is 5. The second kappa shape index (κ2) is 7.03. The lowest BCUT2D eigenvalue weighted by molar-refractivity contribution is -0.126. The van der Waals surface area contributed by atoms with E-state index >= 15 is 0 Å². The quantitative estimate of drug-likeness (QED) is 0.718. The average molecular weight is 329 g/mol. The zero-order chi connectivity index (χ0) is 16.9. The average Bonchev–Trinajstić information content (AvgIpc) is 2.58. The van der Waals surface area contributed by atoms with Crippen molar-refractivity contribution in [3.05, 3.63) is 48.2 Å². The SMILES string of the molecule is O=C1CC(C(=O)NCCNc2cnccn2)c2ccc(F)cc2N1. The first-order chi connectivity index (χ1) is 11.6. The van der Waals surface area contributed by atoms with E-state index in [1.54, 1.807) is 18.6 Å². The Balaban J connectivity index is 1.58. The molecule has 0 spiro atoms. The lowest BCUT2D eigenvalue weighted by Gasteiger charge is -2.24. The van der Waals surface area contributed by atoms with Gasteiger partial charge in [-0.1, -0.05) is 6.07 Å². The van der Waals surface area contributed by atoms with Crippen LogP contribution in [0.15, 0.2) is 36.8 Å². The first-order valence-corrected chi connectivity index (χ1v) is 7.50. The normalized spacial score (nSPS) is 16.0. The standard InChI is InChI=1S/C16H16FN5O2/c17-10-1-2-11-12(8-15(23)22-13(11)7-10)16(24)21-6-5-20-14-9-18-3-4-19-14/h1-4,7,9,12H,5-6,8H2,(H,19,20)(H,21,24)(H,22,23).